The van der Waals surface area contributed by atoms with Gasteiger partial charge in [0.2, 0.25) is 0 Å². The number of nitrogens with two attached hydrogens (primary N) is 1. The molecule has 0 radical (unpaired) electrons. The first-order valence-corrected chi connectivity index (χ1v) is 8.96. The summed E-state index contributed by atoms with van der Waals surface area (Å²) in [6.45, 7) is 5.63. The van der Waals surface area contributed by atoms with Crippen LogP contribution in [0.15, 0.2) is 12.1 Å². The van der Waals surface area contributed by atoms with Gasteiger partial charge in [-0.15, -0.1) is 0 Å². The quantitative estimate of drug-likeness (QED) is 0.931. The number of benzene rings is 1. The second-order valence-corrected chi connectivity index (χ2v) is 7.43. The zero-order chi connectivity index (χ0) is 14.9. The van der Waals surface area contributed by atoms with E-state index >= 15 is 0 Å². The summed E-state index contributed by atoms with van der Waals surface area (Å²) >= 11 is 2.00. The Morgan fingerprint density at radius 1 is 1.38 bits per heavy atom. The Bertz CT molecular complexity index is 489. The van der Waals surface area contributed by atoms with Crippen molar-refractivity contribution in [3.05, 3.63) is 28.8 Å². The second-order valence-electron chi connectivity index (χ2n) is 6.33. The standard InChI is InChI=1S/C17H25NO2S/c1-12-7-14(10-18)8-13(2)16(12)20-15-3-5-19-17(9-15)4-6-21-11-17/h7-8,15H,3-6,9-11,18H2,1-2H3. The third kappa shape index (κ3) is 3.22. The number of aryl methyl sites for hydroxylation is 2. The Morgan fingerprint density at radius 3 is 2.76 bits per heavy atom. The maximum Gasteiger partial charge on any atom is 0.125 e. The number of rotatable bonds is 3. The highest BCUT2D eigenvalue weighted by Crippen LogP contribution is 2.40. The van der Waals surface area contributed by atoms with Crippen molar-refractivity contribution < 1.29 is 9.47 Å². The summed E-state index contributed by atoms with van der Waals surface area (Å²) in [4.78, 5) is 0. The lowest BCUT2D eigenvalue weighted by Crippen LogP contribution is -2.44. The molecule has 2 aliphatic heterocycles. The first-order valence-electron chi connectivity index (χ1n) is 7.80. The van der Waals surface area contributed by atoms with E-state index in [1.165, 1.54) is 28.9 Å². The van der Waals surface area contributed by atoms with Crippen LogP contribution in [0.4, 0.5) is 0 Å². The van der Waals surface area contributed by atoms with Crippen LogP contribution >= 0.6 is 11.8 Å². The molecule has 1 aromatic rings. The Labute approximate surface area is 131 Å². The van der Waals surface area contributed by atoms with Crippen molar-refractivity contribution in [2.45, 2.75) is 51.4 Å². The van der Waals surface area contributed by atoms with Crippen LogP contribution in [0, 0.1) is 13.8 Å². The van der Waals surface area contributed by atoms with Gasteiger partial charge in [-0.05, 0) is 42.7 Å². The summed E-state index contributed by atoms with van der Waals surface area (Å²) in [5.41, 5.74) is 9.37. The van der Waals surface area contributed by atoms with E-state index < -0.39 is 0 Å². The summed E-state index contributed by atoms with van der Waals surface area (Å²) in [6, 6.07) is 4.28. The normalized spacial score (nSPS) is 29.0. The lowest BCUT2D eigenvalue weighted by atomic mass is 9.91. The van der Waals surface area contributed by atoms with Gasteiger partial charge in [-0.2, -0.15) is 11.8 Å². The van der Waals surface area contributed by atoms with Gasteiger partial charge in [0.05, 0.1) is 12.2 Å². The SMILES string of the molecule is Cc1cc(CN)cc(C)c1OC1CCOC2(CCSC2)C1. The Balaban J connectivity index is 1.74. The van der Waals surface area contributed by atoms with E-state index in [2.05, 4.69) is 26.0 Å². The van der Waals surface area contributed by atoms with Crippen molar-refractivity contribution in [3.8, 4) is 5.75 Å². The molecule has 2 saturated heterocycles. The minimum atomic E-state index is 0.0760. The molecule has 116 valence electrons. The fourth-order valence-corrected chi connectivity index (χ4v) is 4.84. The number of hydrogen-bond donors (Lipinski definition) is 1. The van der Waals surface area contributed by atoms with Crippen molar-refractivity contribution in [1.82, 2.24) is 0 Å². The van der Waals surface area contributed by atoms with Crippen LogP contribution in [0.3, 0.4) is 0 Å². The molecule has 1 aromatic carbocycles. The molecule has 0 amide bonds. The molecule has 21 heavy (non-hydrogen) atoms. The second kappa shape index (κ2) is 6.19. The molecule has 2 atom stereocenters. The van der Waals surface area contributed by atoms with E-state index in [1.54, 1.807) is 0 Å². The van der Waals surface area contributed by atoms with Crippen LogP contribution < -0.4 is 10.5 Å². The highest BCUT2D eigenvalue weighted by molar-refractivity contribution is 7.99. The van der Waals surface area contributed by atoms with Crippen LogP contribution in [-0.4, -0.2) is 29.8 Å². The Morgan fingerprint density at radius 2 is 2.14 bits per heavy atom. The van der Waals surface area contributed by atoms with Gasteiger partial charge in [0.25, 0.3) is 0 Å². The van der Waals surface area contributed by atoms with Crippen molar-refractivity contribution >= 4 is 11.8 Å². The molecule has 3 nitrogen and oxygen atoms in total. The molecule has 1 spiro atoms. The topological polar surface area (TPSA) is 44.5 Å². The lowest BCUT2D eigenvalue weighted by Gasteiger charge is -2.38. The average Bonchev–Trinajstić information content (AvgIpc) is 2.90. The highest BCUT2D eigenvalue weighted by atomic mass is 32.2. The monoisotopic (exact) mass is 307 g/mol. The Hall–Kier alpha value is -0.710. The van der Waals surface area contributed by atoms with Crippen molar-refractivity contribution in [3.63, 3.8) is 0 Å². The lowest BCUT2D eigenvalue weighted by molar-refractivity contribution is -0.0960. The molecule has 0 aliphatic carbocycles. The average molecular weight is 307 g/mol. The molecule has 2 heterocycles. The fraction of sp³-hybridized carbons (Fsp3) is 0.647. The maximum absolute atomic E-state index is 6.37. The molecule has 0 bridgehead atoms. The molecule has 2 aliphatic rings. The highest BCUT2D eigenvalue weighted by Gasteiger charge is 2.41. The first-order chi connectivity index (χ1) is 10.1. The van der Waals surface area contributed by atoms with Crippen LogP contribution in [-0.2, 0) is 11.3 Å². The van der Waals surface area contributed by atoms with E-state index in [0.29, 0.717) is 6.54 Å². The molecule has 2 fully saturated rings. The smallest absolute Gasteiger partial charge is 0.125 e. The molecule has 3 rings (SSSR count). The van der Waals surface area contributed by atoms with E-state index in [0.717, 1.165) is 31.0 Å². The Kier molecular flexibility index (Phi) is 4.48. The van der Waals surface area contributed by atoms with Gasteiger partial charge >= 0.3 is 0 Å². The largest absolute Gasteiger partial charge is 0.490 e. The number of ether oxygens (including phenoxy) is 2. The van der Waals surface area contributed by atoms with Crippen molar-refractivity contribution in [2.75, 3.05) is 18.1 Å². The molecular formula is C17H25NO2S. The van der Waals surface area contributed by atoms with E-state index in [-0.39, 0.29) is 11.7 Å². The molecular weight excluding hydrogens is 282 g/mol. The van der Waals surface area contributed by atoms with Gasteiger partial charge in [-0.25, -0.2) is 0 Å². The van der Waals surface area contributed by atoms with Crippen LogP contribution in [0.2, 0.25) is 0 Å². The van der Waals surface area contributed by atoms with Crippen molar-refractivity contribution in [2.24, 2.45) is 5.73 Å². The van der Waals surface area contributed by atoms with Crippen LogP contribution in [0.25, 0.3) is 0 Å². The van der Waals surface area contributed by atoms with Crippen LogP contribution in [0.5, 0.6) is 5.75 Å². The maximum atomic E-state index is 6.37. The minimum absolute atomic E-state index is 0.0760. The summed E-state index contributed by atoms with van der Waals surface area (Å²) in [6.07, 6.45) is 3.46. The third-order valence-electron chi connectivity index (χ3n) is 4.56. The van der Waals surface area contributed by atoms with Gasteiger partial charge in [0.15, 0.2) is 0 Å². The van der Waals surface area contributed by atoms with Gasteiger partial charge in [-0.1, -0.05) is 12.1 Å². The van der Waals surface area contributed by atoms with Gasteiger partial charge < -0.3 is 15.2 Å². The molecule has 4 heteroatoms. The summed E-state index contributed by atoms with van der Waals surface area (Å²) in [5, 5.41) is 0. The van der Waals surface area contributed by atoms with Gasteiger partial charge in [0, 0.05) is 25.1 Å². The minimum Gasteiger partial charge on any atom is -0.490 e. The predicted molar refractivity (Wildman–Crippen MR) is 88.1 cm³/mol. The number of hydrogen-bond acceptors (Lipinski definition) is 4. The van der Waals surface area contributed by atoms with E-state index in [1.807, 2.05) is 11.8 Å². The number of thioether (sulfide) groups is 1. The zero-order valence-electron chi connectivity index (χ0n) is 13.0. The molecule has 0 aromatic heterocycles. The first kappa shape index (κ1) is 15.2. The summed E-state index contributed by atoms with van der Waals surface area (Å²) < 4.78 is 12.4. The van der Waals surface area contributed by atoms with E-state index in [4.69, 9.17) is 15.2 Å². The van der Waals surface area contributed by atoms with Crippen LogP contribution in [0.1, 0.15) is 36.0 Å². The molecule has 2 unspecified atom stereocenters. The summed E-state index contributed by atoms with van der Waals surface area (Å²) in [5.74, 6) is 3.38. The third-order valence-corrected chi connectivity index (χ3v) is 5.78. The molecule has 2 N–H and O–H groups in total. The van der Waals surface area contributed by atoms with Gasteiger partial charge in [0.1, 0.15) is 11.9 Å². The zero-order valence-corrected chi connectivity index (χ0v) is 13.8. The fourth-order valence-electron chi connectivity index (χ4n) is 3.46. The summed E-state index contributed by atoms with van der Waals surface area (Å²) in [7, 11) is 0. The van der Waals surface area contributed by atoms with Gasteiger partial charge in [-0.3, -0.25) is 0 Å². The molecule has 0 saturated carbocycles. The van der Waals surface area contributed by atoms with E-state index in [9.17, 15) is 0 Å². The van der Waals surface area contributed by atoms with Crippen molar-refractivity contribution in [1.29, 1.82) is 0 Å². The predicted octanol–water partition coefficient (Wildman–Crippen LogP) is 3.20.